The first-order valence-electron chi connectivity index (χ1n) is 29.7. The van der Waals surface area contributed by atoms with E-state index in [9.17, 15) is 61.0 Å². The Morgan fingerprint density at radius 2 is 0.857 bits per heavy atom. The number of hydrogen-bond donors (Lipinski definition) is 12. The Balaban J connectivity index is 1.45. The van der Waals surface area contributed by atoms with Gasteiger partial charge in [0.15, 0.2) is 18.9 Å². The molecule has 1 amide bonds. The van der Waals surface area contributed by atoms with E-state index < -0.39 is 124 Å². The van der Waals surface area contributed by atoms with E-state index in [2.05, 4.69) is 43.5 Å². The number of aliphatic hydroxyl groups is 11. The van der Waals surface area contributed by atoms with Crippen LogP contribution < -0.4 is 5.32 Å². The molecule has 0 radical (unpaired) electrons. The van der Waals surface area contributed by atoms with Crippen molar-refractivity contribution < 1.29 is 89.4 Å². The highest BCUT2D eigenvalue weighted by atomic mass is 16.8. The van der Waals surface area contributed by atoms with Crippen LogP contribution in [0.1, 0.15) is 194 Å². The number of carbonyl (C=O) groups excluding carboxylic acids is 1. The number of allylic oxidation sites excluding steroid dienone is 5. The van der Waals surface area contributed by atoms with Crippen LogP contribution in [-0.2, 0) is 33.2 Å². The largest absolute Gasteiger partial charge is 0.394 e. The number of carbonyl (C=O) groups is 1. The molecule has 77 heavy (non-hydrogen) atoms. The minimum atomic E-state index is -1.98. The van der Waals surface area contributed by atoms with E-state index in [4.69, 9.17) is 28.4 Å². The number of rotatable bonds is 43. The fourth-order valence-electron chi connectivity index (χ4n) is 9.98. The SMILES string of the molecule is CCCCCCC/C=C\C/C=C\CCCCCCCCCCCCCC(=O)NC(COC1OC(CO)C(OC2OC(CO)C(OC3OC(CO)C(O)C(O)C3O)C(O)C2O)C(O)C1O)C(O)/C=C/CCCCCCCCC. The second-order valence-electron chi connectivity index (χ2n) is 21.5. The van der Waals surface area contributed by atoms with Crippen molar-refractivity contribution in [3.63, 3.8) is 0 Å². The summed E-state index contributed by atoms with van der Waals surface area (Å²) in [6, 6.07) is -0.971. The average molecular weight is 1100 g/mol. The second kappa shape index (κ2) is 41.9. The Bertz CT molecular complexity index is 1550. The van der Waals surface area contributed by atoms with Gasteiger partial charge in [-0.1, -0.05) is 172 Å². The Hall–Kier alpha value is -1.99. The average Bonchev–Trinajstić information content (AvgIpc) is 3.43. The molecule has 0 aromatic rings. The van der Waals surface area contributed by atoms with Gasteiger partial charge in [-0.25, -0.2) is 0 Å². The summed E-state index contributed by atoms with van der Waals surface area (Å²) < 4.78 is 34.2. The molecule has 0 spiro atoms. The molecule has 17 atom stereocenters. The Labute approximate surface area is 460 Å². The Morgan fingerprint density at radius 1 is 0.468 bits per heavy atom. The van der Waals surface area contributed by atoms with Gasteiger partial charge in [-0.05, 0) is 51.4 Å². The minimum absolute atomic E-state index is 0.241. The fourth-order valence-corrected chi connectivity index (χ4v) is 9.98. The van der Waals surface area contributed by atoms with Gasteiger partial charge in [-0.2, -0.15) is 0 Å². The molecule has 0 bridgehead atoms. The van der Waals surface area contributed by atoms with Gasteiger partial charge < -0.3 is 89.9 Å². The van der Waals surface area contributed by atoms with Crippen LogP contribution in [0.4, 0.5) is 0 Å². The van der Waals surface area contributed by atoms with Crippen molar-refractivity contribution in [1.82, 2.24) is 5.32 Å². The molecule has 19 heteroatoms. The maximum Gasteiger partial charge on any atom is 0.220 e. The highest BCUT2D eigenvalue weighted by Gasteiger charge is 2.53. The third-order valence-corrected chi connectivity index (χ3v) is 14.9. The van der Waals surface area contributed by atoms with Gasteiger partial charge in [0.2, 0.25) is 5.91 Å². The van der Waals surface area contributed by atoms with Gasteiger partial charge in [0.1, 0.15) is 73.2 Å². The molecule has 0 aromatic carbocycles. The molecule has 17 unspecified atom stereocenters. The van der Waals surface area contributed by atoms with Crippen molar-refractivity contribution in [3.8, 4) is 0 Å². The monoisotopic (exact) mass is 1100 g/mol. The summed E-state index contributed by atoms with van der Waals surface area (Å²) in [5.41, 5.74) is 0. The maximum atomic E-state index is 13.3. The van der Waals surface area contributed by atoms with Crippen LogP contribution in [0, 0.1) is 0 Å². The summed E-state index contributed by atoms with van der Waals surface area (Å²) in [4.78, 5) is 13.3. The van der Waals surface area contributed by atoms with Gasteiger partial charge in [0.05, 0.1) is 38.6 Å². The van der Waals surface area contributed by atoms with Gasteiger partial charge in [-0.15, -0.1) is 0 Å². The van der Waals surface area contributed by atoms with Crippen LogP contribution in [0.15, 0.2) is 36.5 Å². The lowest BCUT2D eigenvalue weighted by Crippen LogP contribution is -2.66. The van der Waals surface area contributed by atoms with Gasteiger partial charge in [0.25, 0.3) is 0 Å². The van der Waals surface area contributed by atoms with Crippen molar-refractivity contribution >= 4 is 5.91 Å². The number of nitrogens with one attached hydrogen (secondary N) is 1. The van der Waals surface area contributed by atoms with E-state index >= 15 is 0 Å². The van der Waals surface area contributed by atoms with Crippen molar-refractivity contribution in [2.45, 2.75) is 298 Å². The summed E-state index contributed by atoms with van der Waals surface area (Å²) in [5.74, 6) is -0.281. The molecule has 0 aromatic heterocycles. The molecule has 3 aliphatic heterocycles. The summed E-state index contributed by atoms with van der Waals surface area (Å²) in [6.07, 6.45) is 17.2. The van der Waals surface area contributed by atoms with E-state index in [1.165, 1.54) is 109 Å². The predicted molar refractivity (Wildman–Crippen MR) is 291 cm³/mol. The first-order chi connectivity index (χ1) is 37.3. The molecule has 0 aliphatic carbocycles. The third-order valence-electron chi connectivity index (χ3n) is 14.9. The number of aliphatic hydroxyl groups excluding tert-OH is 11. The molecule has 3 aliphatic rings. The second-order valence-corrected chi connectivity index (χ2v) is 21.5. The molecular weight excluding hydrogens is 999 g/mol. The zero-order chi connectivity index (χ0) is 56.2. The van der Waals surface area contributed by atoms with Crippen LogP contribution in [-0.4, -0.2) is 193 Å². The van der Waals surface area contributed by atoms with E-state index in [-0.39, 0.29) is 18.9 Å². The molecule has 19 nitrogen and oxygen atoms in total. The summed E-state index contributed by atoms with van der Waals surface area (Å²) in [7, 11) is 0. The highest BCUT2D eigenvalue weighted by molar-refractivity contribution is 5.76. The van der Waals surface area contributed by atoms with Crippen molar-refractivity contribution in [1.29, 1.82) is 0 Å². The van der Waals surface area contributed by atoms with Gasteiger partial charge in [-0.3, -0.25) is 4.79 Å². The Morgan fingerprint density at radius 3 is 1.32 bits per heavy atom. The Kier molecular flexibility index (Phi) is 37.7. The van der Waals surface area contributed by atoms with E-state index in [1.54, 1.807) is 6.08 Å². The number of hydrogen-bond acceptors (Lipinski definition) is 18. The minimum Gasteiger partial charge on any atom is -0.394 e. The van der Waals surface area contributed by atoms with Crippen LogP contribution in [0.5, 0.6) is 0 Å². The van der Waals surface area contributed by atoms with Crippen LogP contribution >= 0.6 is 0 Å². The zero-order valence-electron chi connectivity index (χ0n) is 46.7. The van der Waals surface area contributed by atoms with Gasteiger partial charge >= 0.3 is 0 Å². The quantitative estimate of drug-likeness (QED) is 0.0285. The topological polar surface area (TPSA) is 307 Å². The van der Waals surface area contributed by atoms with E-state index in [0.29, 0.717) is 6.42 Å². The summed E-state index contributed by atoms with van der Waals surface area (Å²) in [5, 5.41) is 120. The molecule has 12 N–H and O–H groups in total. The summed E-state index contributed by atoms with van der Waals surface area (Å²) >= 11 is 0. The van der Waals surface area contributed by atoms with Crippen LogP contribution in [0.25, 0.3) is 0 Å². The lowest BCUT2D eigenvalue weighted by molar-refractivity contribution is -0.379. The maximum absolute atomic E-state index is 13.3. The van der Waals surface area contributed by atoms with E-state index in [0.717, 1.165) is 57.8 Å². The molecule has 3 heterocycles. The highest BCUT2D eigenvalue weighted by Crippen LogP contribution is 2.33. The fraction of sp³-hybridized carbons (Fsp3) is 0.879. The lowest BCUT2D eigenvalue weighted by atomic mass is 9.96. The van der Waals surface area contributed by atoms with Crippen LogP contribution in [0.3, 0.4) is 0 Å². The summed E-state index contributed by atoms with van der Waals surface area (Å²) in [6.45, 7) is 1.66. The van der Waals surface area contributed by atoms with Gasteiger partial charge in [0, 0.05) is 6.42 Å². The molecule has 3 saturated heterocycles. The van der Waals surface area contributed by atoms with Crippen molar-refractivity contribution in [2.75, 3.05) is 26.4 Å². The molecule has 0 saturated carbocycles. The first kappa shape index (κ1) is 69.3. The first-order valence-corrected chi connectivity index (χ1v) is 29.7. The normalized spacial score (nSPS) is 30.9. The van der Waals surface area contributed by atoms with Crippen LogP contribution in [0.2, 0.25) is 0 Å². The number of ether oxygens (including phenoxy) is 6. The number of unbranched alkanes of at least 4 members (excludes halogenated alkanes) is 23. The molecule has 3 fully saturated rings. The molecular formula is C58H105NO18. The van der Waals surface area contributed by atoms with Crippen molar-refractivity contribution in [2.24, 2.45) is 0 Å². The predicted octanol–water partition coefficient (Wildman–Crippen LogP) is 4.93. The zero-order valence-corrected chi connectivity index (χ0v) is 46.7. The van der Waals surface area contributed by atoms with Crippen molar-refractivity contribution in [3.05, 3.63) is 36.5 Å². The third kappa shape index (κ3) is 26.2. The standard InChI is InChI=1S/C58H105NO18/c1-3-5-7-9-11-13-14-15-16-17-18-19-20-21-22-23-24-25-26-28-30-32-34-36-46(64)59-41(42(63)35-33-31-29-27-12-10-8-6-4-2)40-72-56-52(70)49(67)54(44(38-61)74-56)77-58-53(71)50(68)55(45(39-62)75-58)76-57-51(69)48(66)47(65)43(37-60)73-57/h14-15,17-18,33,35,41-45,47-58,60-63,65-71H,3-13,16,19-32,34,36-40H2,1-2H3,(H,59,64)/b15-14-,18-17-,35-33+. The molecule has 3 rings (SSSR count). The van der Waals surface area contributed by atoms with E-state index in [1.807, 2.05) is 6.08 Å². The molecule has 450 valence electrons. The number of amides is 1. The lowest BCUT2D eigenvalue weighted by Gasteiger charge is -2.48. The smallest absolute Gasteiger partial charge is 0.220 e.